The fourth-order valence-electron chi connectivity index (χ4n) is 2.63. The van der Waals surface area contributed by atoms with Crippen molar-refractivity contribution in [1.29, 1.82) is 5.26 Å². The summed E-state index contributed by atoms with van der Waals surface area (Å²) >= 11 is 0. The molecule has 0 aromatic carbocycles. The number of fused-ring (bicyclic) bond motifs is 1. The summed E-state index contributed by atoms with van der Waals surface area (Å²) in [6, 6.07) is 4.24. The van der Waals surface area contributed by atoms with Gasteiger partial charge in [-0.1, -0.05) is 0 Å². The first-order chi connectivity index (χ1) is 9.11. The van der Waals surface area contributed by atoms with Crippen LogP contribution in [0.5, 0.6) is 0 Å². The van der Waals surface area contributed by atoms with Gasteiger partial charge in [0.05, 0.1) is 11.3 Å². The predicted molar refractivity (Wildman–Crippen MR) is 72.3 cm³/mol. The Hall–Kier alpha value is -2.15. The zero-order chi connectivity index (χ0) is 13.6. The summed E-state index contributed by atoms with van der Waals surface area (Å²) < 4.78 is 1.81. The number of nitrogens with zero attached hydrogens (tertiary/aromatic N) is 4. The molecule has 0 saturated carbocycles. The average Bonchev–Trinajstić information content (AvgIpc) is 2.97. The molecule has 96 valence electrons. The molecular weight excluding hydrogens is 236 g/mol. The first-order valence-electron chi connectivity index (χ1n) is 6.58. The Kier molecular flexibility index (Phi) is 2.63. The van der Waals surface area contributed by atoms with E-state index in [1.807, 2.05) is 31.5 Å². The van der Waals surface area contributed by atoms with Gasteiger partial charge in [-0.3, -0.25) is 0 Å². The maximum atomic E-state index is 9.35. The van der Waals surface area contributed by atoms with Crippen LogP contribution in [0.4, 0.5) is 0 Å². The maximum Gasteiger partial charge on any atom is 0.171 e. The van der Waals surface area contributed by atoms with Crippen molar-refractivity contribution < 1.29 is 0 Å². The lowest BCUT2D eigenvalue weighted by Crippen LogP contribution is -2.07. The second-order valence-electron chi connectivity index (χ2n) is 5.14. The molecule has 4 nitrogen and oxygen atoms in total. The van der Waals surface area contributed by atoms with Crippen molar-refractivity contribution >= 4 is 0 Å². The molecule has 19 heavy (non-hydrogen) atoms. The first-order valence-corrected chi connectivity index (χ1v) is 6.58. The predicted octanol–water partition coefficient (Wildman–Crippen LogP) is 2.55. The number of hydrogen-bond acceptors (Lipinski definition) is 3. The van der Waals surface area contributed by atoms with Gasteiger partial charge in [0.1, 0.15) is 6.07 Å². The molecule has 0 N–H and O–H groups in total. The van der Waals surface area contributed by atoms with Crippen molar-refractivity contribution in [2.24, 2.45) is 0 Å². The Labute approximate surface area is 112 Å². The Morgan fingerprint density at radius 1 is 1.26 bits per heavy atom. The topological polar surface area (TPSA) is 54.5 Å². The van der Waals surface area contributed by atoms with Crippen LogP contribution in [-0.2, 0) is 12.8 Å². The molecule has 0 unspecified atom stereocenters. The van der Waals surface area contributed by atoms with Crippen LogP contribution in [0.25, 0.3) is 5.82 Å². The molecule has 1 aliphatic carbocycles. The minimum atomic E-state index is 0.617. The molecule has 3 rings (SSSR count). The molecule has 0 amide bonds. The van der Waals surface area contributed by atoms with E-state index in [4.69, 9.17) is 0 Å². The number of aromatic nitrogens is 3. The minimum Gasteiger partial charge on any atom is -0.232 e. The van der Waals surface area contributed by atoms with Crippen molar-refractivity contribution in [3.8, 4) is 11.9 Å². The van der Waals surface area contributed by atoms with Gasteiger partial charge in [-0.15, -0.1) is 0 Å². The highest BCUT2D eigenvalue weighted by Gasteiger charge is 2.19. The molecule has 0 bridgehead atoms. The molecule has 0 atom stereocenters. The lowest BCUT2D eigenvalue weighted by molar-refractivity contribution is 0.793. The van der Waals surface area contributed by atoms with Crippen molar-refractivity contribution in [3.05, 3.63) is 39.8 Å². The van der Waals surface area contributed by atoms with Crippen molar-refractivity contribution in [1.82, 2.24) is 14.8 Å². The molecule has 1 aliphatic rings. The largest absolute Gasteiger partial charge is 0.232 e. The molecule has 0 saturated heterocycles. The summed E-state index contributed by atoms with van der Waals surface area (Å²) in [7, 11) is 0. The van der Waals surface area contributed by atoms with Gasteiger partial charge in [-0.25, -0.2) is 9.67 Å². The van der Waals surface area contributed by atoms with E-state index in [9.17, 15) is 5.26 Å². The van der Waals surface area contributed by atoms with Crippen molar-refractivity contribution in [2.75, 3.05) is 0 Å². The lowest BCUT2D eigenvalue weighted by Gasteiger charge is -2.08. The Balaban J connectivity index is 2.25. The minimum absolute atomic E-state index is 0.617. The zero-order valence-corrected chi connectivity index (χ0v) is 11.5. The number of nitriles is 1. The molecule has 0 fully saturated rings. The highest BCUT2D eigenvalue weighted by molar-refractivity contribution is 5.49. The van der Waals surface area contributed by atoms with Gasteiger partial charge in [0.15, 0.2) is 5.82 Å². The molecule has 0 radical (unpaired) electrons. The summed E-state index contributed by atoms with van der Waals surface area (Å²) in [4.78, 5) is 4.69. The van der Waals surface area contributed by atoms with Gasteiger partial charge in [-0.2, -0.15) is 10.4 Å². The van der Waals surface area contributed by atoms with Gasteiger partial charge in [-0.05, 0) is 57.2 Å². The number of aryl methyl sites for hydroxylation is 3. The fourth-order valence-corrected chi connectivity index (χ4v) is 2.63. The summed E-state index contributed by atoms with van der Waals surface area (Å²) in [5.74, 6) is 0.678. The monoisotopic (exact) mass is 252 g/mol. The third-order valence-corrected chi connectivity index (χ3v) is 4.00. The van der Waals surface area contributed by atoms with Crippen LogP contribution < -0.4 is 0 Å². The van der Waals surface area contributed by atoms with Crippen LogP contribution in [0.3, 0.4) is 0 Å². The van der Waals surface area contributed by atoms with E-state index in [-0.39, 0.29) is 0 Å². The zero-order valence-electron chi connectivity index (χ0n) is 11.5. The van der Waals surface area contributed by atoms with Crippen LogP contribution in [0, 0.1) is 32.1 Å². The smallest absolute Gasteiger partial charge is 0.171 e. The van der Waals surface area contributed by atoms with Crippen molar-refractivity contribution in [3.63, 3.8) is 0 Å². The van der Waals surface area contributed by atoms with E-state index in [1.165, 1.54) is 5.56 Å². The third-order valence-electron chi connectivity index (χ3n) is 4.00. The third kappa shape index (κ3) is 1.74. The molecule has 2 heterocycles. The standard InChI is InChI=1S/C15H16N4/c1-9-10(2)18-19(11(9)3)15-13(8-16)7-12-5-4-6-14(12)17-15/h7H,4-6H2,1-3H3. The van der Waals surface area contributed by atoms with E-state index in [0.717, 1.165) is 41.9 Å². The number of hydrogen-bond donors (Lipinski definition) is 0. The molecule has 2 aromatic heterocycles. The van der Waals surface area contributed by atoms with Gasteiger partial charge in [0.2, 0.25) is 0 Å². The Morgan fingerprint density at radius 2 is 2.05 bits per heavy atom. The van der Waals surface area contributed by atoms with Gasteiger partial charge >= 0.3 is 0 Å². The molecule has 0 spiro atoms. The maximum absolute atomic E-state index is 9.35. The lowest BCUT2D eigenvalue weighted by atomic mass is 10.1. The second-order valence-corrected chi connectivity index (χ2v) is 5.14. The number of pyridine rings is 1. The summed E-state index contributed by atoms with van der Waals surface area (Å²) in [5.41, 5.74) is 6.17. The van der Waals surface area contributed by atoms with E-state index in [2.05, 4.69) is 16.2 Å². The van der Waals surface area contributed by atoms with E-state index < -0.39 is 0 Å². The fraction of sp³-hybridized carbons (Fsp3) is 0.400. The molecule has 4 heteroatoms. The summed E-state index contributed by atoms with van der Waals surface area (Å²) in [5, 5.41) is 13.9. The highest BCUT2D eigenvalue weighted by atomic mass is 15.3. The normalized spacial score (nSPS) is 13.4. The van der Waals surface area contributed by atoms with E-state index in [1.54, 1.807) is 0 Å². The average molecular weight is 252 g/mol. The van der Waals surface area contributed by atoms with E-state index >= 15 is 0 Å². The van der Waals surface area contributed by atoms with Crippen molar-refractivity contribution in [2.45, 2.75) is 40.0 Å². The van der Waals surface area contributed by atoms with Gasteiger partial charge < -0.3 is 0 Å². The quantitative estimate of drug-likeness (QED) is 0.783. The highest BCUT2D eigenvalue weighted by Crippen LogP contribution is 2.25. The Bertz CT molecular complexity index is 704. The van der Waals surface area contributed by atoms with Gasteiger partial charge in [0, 0.05) is 11.4 Å². The van der Waals surface area contributed by atoms with Gasteiger partial charge in [0.25, 0.3) is 0 Å². The van der Waals surface area contributed by atoms with Crippen LogP contribution in [-0.4, -0.2) is 14.8 Å². The summed E-state index contributed by atoms with van der Waals surface area (Å²) in [6.45, 7) is 6.05. The first kappa shape index (κ1) is 11.9. The number of rotatable bonds is 1. The SMILES string of the molecule is Cc1nn(-c2nc3c(cc2C#N)CCC3)c(C)c1C. The van der Waals surface area contributed by atoms with Crippen LogP contribution in [0.2, 0.25) is 0 Å². The Morgan fingerprint density at radius 3 is 2.68 bits per heavy atom. The molecule has 2 aromatic rings. The van der Waals surface area contributed by atoms with Crippen LogP contribution in [0.15, 0.2) is 6.07 Å². The summed E-state index contributed by atoms with van der Waals surface area (Å²) in [6.07, 6.45) is 3.17. The molecule has 0 aliphatic heterocycles. The van der Waals surface area contributed by atoms with Crippen LogP contribution >= 0.6 is 0 Å². The molecular formula is C15H16N4. The van der Waals surface area contributed by atoms with E-state index in [0.29, 0.717) is 11.4 Å². The van der Waals surface area contributed by atoms with Crippen LogP contribution in [0.1, 0.15) is 40.2 Å². The second kappa shape index (κ2) is 4.20.